The Balaban J connectivity index is 0.000000980. The van der Waals surface area contributed by atoms with Gasteiger partial charge in [0.25, 0.3) is 5.56 Å². The summed E-state index contributed by atoms with van der Waals surface area (Å²) in [4.78, 5) is 14.6. The predicted octanol–water partition coefficient (Wildman–Crippen LogP) is 0.00720. The molecule has 0 unspecified atom stereocenters. The summed E-state index contributed by atoms with van der Waals surface area (Å²) in [5.41, 5.74) is 1.48. The van der Waals surface area contributed by atoms with Gasteiger partial charge in [-0.3, -0.25) is 9.78 Å². The van der Waals surface area contributed by atoms with Crippen LogP contribution in [-0.4, -0.2) is 20.7 Å². The second-order valence-electron chi connectivity index (χ2n) is 2.54. The van der Waals surface area contributed by atoms with Crippen molar-refractivity contribution in [1.82, 2.24) is 15.2 Å². The van der Waals surface area contributed by atoms with E-state index in [0.29, 0.717) is 0 Å². The topological polar surface area (TPSA) is 90.1 Å². The first-order valence-electron chi connectivity index (χ1n) is 3.82. The summed E-state index contributed by atoms with van der Waals surface area (Å²) in [6, 6.07) is 6.79. The predicted molar refractivity (Wildman–Crippen MR) is 51.7 cm³/mol. The third-order valence-electron chi connectivity index (χ3n) is 1.66. The van der Waals surface area contributed by atoms with Crippen LogP contribution in [0.3, 0.4) is 0 Å². The first-order chi connectivity index (χ1) is 6.36. The van der Waals surface area contributed by atoms with Gasteiger partial charge in [0.2, 0.25) is 0 Å². The summed E-state index contributed by atoms with van der Waals surface area (Å²) in [5.74, 6) is 0. The van der Waals surface area contributed by atoms with Crippen molar-refractivity contribution in [2.75, 3.05) is 0 Å². The smallest absolute Gasteiger partial charge is 0.264 e. The van der Waals surface area contributed by atoms with Crippen molar-refractivity contribution in [3.05, 3.63) is 47.0 Å². The molecular weight excluding hydrogens is 182 g/mol. The molecule has 72 valence electrons. The average molecular weight is 191 g/mol. The minimum atomic E-state index is -0.196. The van der Waals surface area contributed by atoms with E-state index in [-0.39, 0.29) is 11.0 Å². The van der Waals surface area contributed by atoms with Crippen LogP contribution in [0, 0.1) is 0 Å². The molecule has 5 nitrogen and oxygen atoms in total. The molecule has 0 aromatic carbocycles. The van der Waals surface area contributed by atoms with Crippen LogP contribution in [0.4, 0.5) is 0 Å². The molecule has 0 radical (unpaired) electrons. The third-order valence-corrected chi connectivity index (χ3v) is 1.66. The lowest BCUT2D eigenvalue weighted by molar-refractivity contribution is 0.824. The largest absolute Gasteiger partial charge is 0.412 e. The van der Waals surface area contributed by atoms with Crippen LogP contribution in [-0.2, 0) is 0 Å². The van der Waals surface area contributed by atoms with Gasteiger partial charge in [0.1, 0.15) is 0 Å². The molecule has 14 heavy (non-hydrogen) atoms. The maximum absolute atomic E-state index is 10.7. The molecule has 0 atom stereocenters. The molecule has 0 amide bonds. The van der Waals surface area contributed by atoms with Gasteiger partial charge in [-0.05, 0) is 18.2 Å². The highest BCUT2D eigenvalue weighted by Gasteiger charge is 1.96. The SMILES string of the molecule is O.O=c1ccc(-c2ccncc2)n[nH]1. The number of hydrogen-bond donors (Lipinski definition) is 1. The highest BCUT2D eigenvalue weighted by molar-refractivity contribution is 5.56. The van der Waals surface area contributed by atoms with E-state index in [4.69, 9.17) is 0 Å². The lowest BCUT2D eigenvalue weighted by atomic mass is 10.2. The molecule has 5 heteroatoms. The second kappa shape index (κ2) is 4.29. The number of aromatic nitrogens is 3. The molecule has 0 saturated heterocycles. The van der Waals surface area contributed by atoms with Crippen LogP contribution < -0.4 is 5.56 Å². The molecule has 2 rings (SSSR count). The fourth-order valence-electron chi connectivity index (χ4n) is 1.03. The Morgan fingerprint density at radius 1 is 1.07 bits per heavy atom. The van der Waals surface area contributed by atoms with Gasteiger partial charge in [-0.2, -0.15) is 5.10 Å². The number of nitrogens with one attached hydrogen (secondary N) is 1. The average Bonchev–Trinajstić information content (AvgIpc) is 2.20. The minimum Gasteiger partial charge on any atom is -0.412 e. The van der Waals surface area contributed by atoms with Gasteiger partial charge in [-0.1, -0.05) is 0 Å². The normalized spacial score (nSPS) is 9.14. The summed E-state index contributed by atoms with van der Waals surface area (Å²) < 4.78 is 0. The van der Waals surface area contributed by atoms with E-state index >= 15 is 0 Å². The van der Waals surface area contributed by atoms with Crippen LogP contribution in [0.15, 0.2) is 41.5 Å². The molecule has 0 aliphatic heterocycles. The van der Waals surface area contributed by atoms with Crippen molar-refractivity contribution in [2.45, 2.75) is 0 Å². The van der Waals surface area contributed by atoms with E-state index < -0.39 is 0 Å². The van der Waals surface area contributed by atoms with Crippen molar-refractivity contribution in [3.63, 3.8) is 0 Å². The summed E-state index contributed by atoms with van der Waals surface area (Å²) in [6.45, 7) is 0. The van der Waals surface area contributed by atoms with Crippen LogP contribution >= 0.6 is 0 Å². The summed E-state index contributed by atoms with van der Waals surface area (Å²) in [6.07, 6.45) is 3.37. The maximum Gasteiger partial charge on any atom is 0.264 e. The fourth-order valence-corrected chi connectivity index (χ4v) is 1.03. The number of H-pyrrole nitrogens is 1. The fraction of sp³-hybridized carbons (Fsp3) is 0. The highest BCUT2D eigenvalue weighted by Crippen LogP contribution is 2.11. The van der Waals surface area contributed by atoms with Gasteiger partial charge in [0.05, 0.1) is 5.69 Å². The quantitative estimate of drug-likeness (QED) is 0.688. The van der Waals surface area contributed by atoms with Crippen molar-refractivity contribution >= 4 is 0 Å². The zero-order chi connectivity index (χ0) is 9.10. The molecule has 0 spiro atoms. The monoisotopic (exact) mass is 191 g/mol. The Hall–Kier alpha value is -2.01. The number of nitrogens with zero attached hydrogens (tertiary/aromatic N) is 2. The van der Waals surface area contributed by atoms with Crippen LogP contribution in [0.1, 0.15) is 0 Å². The second-order valence-corrected chi connectivity index (χ2v) is 2.54. The molecule has 2 aromatic heterocycles. The summed E-state index contributed by atoms with van der Waals surface area (Å²) in [7, 11) is 0. The number of rotatable bonds is 1. The zero-order valence-corrected chi connectivity index (χ0v) is 7.27. The molecule has 0 bridgehead atoms. The Bertz CT molecular complexity index is 433. The molecule has 0 aliphatic carbocycles. The highest BCUT2D eigenvalue weighted by atomic mass is 16.1. The van der Waals surface area contributed by atoms with Gasteiger partial charge >= 0.3 is 0 Å². The zero-order valence-electron chi connectivity index (χ0n) is 7.27. The van der Waals surface area contributed by atoms with E-state index in [1.807, 2.05) is 12.1 Å². The number of hydrogen-bond acceptors (Lipinski definition) is 3. The van der Waals surface area contributed by atoms with E-state index in [2.05, 4.69) is 15.2 Å². The lowest BCUT2D eigenvalue weighted by Gasteiger charge is -1.96. The number of aromatic amines is 1. The minimum absolute atomic E-state index is 0. The van der Waals surface area contributed by atoms with E-state index in [1.165, 1.54) is 6.07 Å². The molecule has 0 aliphatic rings. The van der Waals surface area contributed by atoms with Gasteiger partial charge < -0.3 is 5.48 Å². The van der Waals surface area contributed by atoms with Crippen molar-refractivity contribution < 1.29 is 5.48 Å². The van der Waals surface area contributed by atoms with Crippen LogP contribution in [0.5, 0.6) is 0 Å². The van der Waals surface area contributed by atoms with E-state index in [9.17, 15) is 4.79 Å². The van der Waals surface area contributed by atoms with Gasteiger partial charge in [0, 0.05) is 24.0 Å². The maximum atomic E-state index is 10.7. The molecule has 3 N–H and O–H groups in total. The molecule has 0 fully saturated rings. The molecular formula is C9H9N3O2. The Morgan fingerprint density at radius 2 is 1.79 bits per heavy atom. The lowest BCUT2D eigenvalue weighted by Crippen LogP contribution is -2.05. The first-order valence-corrected chi connectivity index (χ1v) is 3.82. The summed E-state index contributed by atoms with van der Waals surface area (Å²) in [5, 5.41) is 6.26. The van der Waals surface area contributed by atoms with E-state index in [0.717, 1.165) is 11.3 Å². The van der Waals surface area contributed by atoms with E-state index in [1.54, 1.807) is 18.5 Å². The van der Waals surface area contributed by atoms with Crippen LogP contribution in [0.2, 0.25) is 0 Å². The van der Waals surface area contributed by atoms with Gasteiger partial charge in [-0.15, -0.1) is 0 Å². The Kier molecular flexibility index (Phi) is 3.09. The summed E-state index contributed by atoms with van der Waals surface area (Å²) >= 11 is 0. The molecule has 0 saturated carbocycles. The number of pyridine rings is 1. The van der Waals surface area contributed by atoms with Crippen molar-refractivity contribution in [2.24, 2.45) is 0 Å². The first kappa shape index (κ1) is 10.1. The van der Waals surface area contributed by atoms with Gasteiger partial charge in [0.15, 0.2) is 0 Å². The Labute approximate surface area is 79.8 Å². The van der Waals surface area contributed by atoms with Gasteiger partial charge in [-0.25, -0.2) is 5.10 Å². The third kappa shape index (κ3) is 2.02. The molecule has 2 aromatic rings. The van der Waals surface area contributed by atoms with Crippen molar-refractivity contribution in [3.8, 4) is 11.3 Å². The standard InChI is InChI=1S/C9H7N3O.H2O/c13-9-2-1-8(11-12-9)7-3-5-10-6-4-7;/h1-6H,(H,12,13);1H2. The molecule has 2 heterocycles. The Morgan fingerprint density at radius 3 is 2.36 bits per heavy atom. The van der Waals surface area contributed by atoms with Crippen molar-refractivity contribution in [1.29, 1.82) is 0 Å². The van der Waals surface area contributed by atoms with Crippen LogP contribution in [0.25, 0.3) is 11.3 Å².